The summed E-state index contributed by atoms with van der Waals surface area (Å²) in [4.78, 5) is 4.75. The van der Waals surface area contributed by atoms with Gasteiger partial charge in [-0.05, 0) is 24.6 Å². The van der Waals surface area contributed by atoms with Crippen molar-refractivity contribution in [1.82, 2.24) is 0 Å². The van der Waals surface area contributed by atoms with Gasteiger partial charge in [0.15, 0.2) is 0 Å². The second-order valence-corrected chi connectivity index (χ2v) is 6.58. The average Bonchev–Trinajstić information content (AvgIpc) is 2.53. The van der Waals surface area contributed by atoms with Gasteiger partial charge in [0.05, 0.1) is 5.70 Å². The molecular weight excluding hydrogens is 230 g/mol. The van der Waals surface area contributed by atoms with E-state index >= 15 is 0 Å². The molecule has 2 aliphatic rings. The topological polar surface area (TPSA) is 12.4 Å². The first-order valence-corrected chi connectivity index (χ1v) is 6.84. The number of allylic oxidation sites excluding steroid dienone is 8. The zero-order valence-electron chi connectivity index (χ0n) is 12.6. The molecule has 1 nitrogen and oxygen atoms in total. The van der Waals surface area contributed by atoms with Crippen molar-refractivity contribution in [1.29, 1.82) is 0 Å². The van der Waals surface area contributed by atoms with Gasteiger partial charge in [-0.1, -0.05) is 64.2 Å². The van der Waals surface area contributed by atoms with Crippen molar-refractivity contribution in [3.05, 3.63) is 59.9 Å². The van der Waals surface area contributed by atoms with Gasteiger partial charge < -0.3 is 0 Å². The van der Waals surface area contributed by atoms with Crippen LogP contribution in [0.5, 0.6) is 0 Å². The van der Waals surface area contributed by atoms with Gasteiger partial charge in [0.25, 0.3) is 0 Å². The maximum atomic E-state index is 4.75. The molecule has 0 saturated heterocycles. The van der Waals surface area contributed by atoms with Gasteiger partial charge in [-0.15, -0.1) is 0 Å². The predicted molar refractivity (Wildman–Crippen MR) is 84.3 cm³/mol. The summed E-state index contributed by atoms with van der Waals surface area (Å²) >= 11 is 0. The summed E-state index contributed by atoms with van der Waals surface area (Å²) < 4.78 is 0. The van der Waals surface area contributed by atoms with Crippen molar-refractivity contribution < 1.29 is 0 Å². The molecule has 0 fully saturated rings. The Hall–Kier alpha value is -1.63. The molecule has 2 rings (SSSR count). The highest BCUT2D eigenvalue weighted by Crippen LogP contribution is 2.32. The molecule has 100 valence electrons. The highest BCUT2D eigenvalue weighted by atomic mass is 14.8. The Kier molecular flexibility index (Phi) is 3.49. The van der Waals surface area contributed by atoms with Gasteiger partial charge >= 0.3 is 0 Å². The van der Waals surface area contributed by atoms with Crippen LogP contribution < -0.4 is 0 Å². The van der Waals surface area contributed by atoms with E-state index < -0.39 is 0 Å². The van der Waals surface area contributed by atoms with Gasteiger partial charge in [0.1, 0.15) is 0 Å². The maximum Gasteiger partial charge on any atom is 0.0670 e. The van der Waals surface area contributed by atoms with Crippen molar-refractivity contribution in [2.24, 2.45) is 15.8 Å². The van der Waals surface area contributed by atoms with E-state index in [0.717, 1.165) is 11.4 Å². The Bertz CT molecular complexity index is 546. The Balaban J connectivity index is 2.49. The molecular formula is C18H23N. The van der Waals surface area contributed by atoms with Crippen LogP contribution in [0.3, 0.4) is 0 Å². The lowest BCUT2D eigenvalue weighted by atomic mass is 9.88. The number of aliphatic imine (C=N–C) groups is 1. The summed E-state index contributed by atoms with van der Waals surface area (Å²) in [6.45, 7) is 10.9. The van der Waals surface area contributed by atoms with Crippen molar-refractivity contribution in [2.45, 2.75) is 34.6 Å². The third kappa shape index (κ3) is 3.66. The minimum Gasteiger partial charge on any atom is -0.253 e. The van der Waals surface area contributed by atoms with Crippen LogP contribution in [0.1, 0.15) is 34.6 Å². The van der Waals surface area contributed by atoms with E-state index in [-0.39, 0.29) is 10.8 Å². The SMILES string of the molecule is CC1=NC(C2=CC(C)(C)C=CC=C2)=CC(C)(C)C=C1. The Morgan fingerprint density at radius 1 is 0.842 bits per heavy atom. The van der Waals surface area contributed by atoms with Crippen LogP contribution >= 0.6 is 0 Å². The van der Waals surface area contributed by atoms with Crippen LogP contribution in [-0.4, -0.2) is 5.71 Å². The van der Waals surface area contributed by atoms with Crippen LogP contribution in [0.15, 0.2) is 64.9 Å². The predicted octanol–water partition coefficient (Wildman–Crippen LogP) is 5.01. The van der Waals surface area contributed by atoms with Crippen LogP contribution in [0, 0.1) is 10.8 Å². The van der Waals surface area contributed by atoms with Crippen LogP contribution in [0.25, 0.3) is 0 Å². The molecule has 1 aliphatic carbocycles. The first-order valence-electron chi connectivity index (χ1n) is 6.84. The molecule has 1 heterocycles. The normalized spacial score (nSPS) is 24.2. The molecule has 0 radical (unpaired) electrons. The lowest BCUT2D eigenvalue weighted by molar-refractivity contribution is 0.616. The summed E-state index contributed by atoms with van der Waals surface area (Å²) in [5.41, 5.74) is 3.43. The largest absolute Gasteiger partial charge is 0.253 e. The molecule has 0 aromatic carbocycles. The fourth-order valence-electron chi connectivity index (χ4n) is 2.26. The second-order valence-electron chi connectivity index (χ2n) is 6.58. The molecule has 0 aromatic heterocycles. The fraction of sp³-hybridized carbons (Fsp3) is 0.389. The van der Waals surface area contributed by atoms with Gasteiger partial charge in [0.2, 0.25) is 0 Å². The zero-order valence-corrected chi connectivity index (χ0v) is 12.6. The van der Waals surface area contributed by atoms with Gasteiger partial charge in [-0.2, -0.15) is 0 Å². The third-order valence-corrected chi connectivity index (χ3v) is 3.30. The monoisotopic (exact) mass is 253 g/mol. The van der Waals surface area contributed by atoms with E-state index in [1.54, 1.807) is 0 Å². The van der Waals surface area contributed by atoms with Crippen molar-refractivity contribution in [2.75, 3.05) is 0 Å². The standard InChI is InChI=1S/C18H23N/c1-14-9-11-18(4,5)13-16(19-14)15-8-6-7-10-17(2,3)12-15/h6-13H,1-5H3. The van der Waals surface area contributed by atoms with Crippen molar-refractivity contribution in [3.63, 3.8) is 0 Å². The maximum absolute atomic E-state index is 4.75. The molecule has 1 aliphatic heterocycles. The molecule has 19 heavy (non-hydrogen) atoms. The first kappa shape index (κ1) is 13.8. The summed E-state index contributed by atoms with van der Waals surface area (Å²) in [7, 11) is 0. The van der Waals surface area contributed by atoms with Crippen LogP contribution in [0.2, 0.25) is 0 Å². The number of nitrogens with zero attached hydrogens (tertiary/aromatic N) is 1. The lowest BCUT2D eigenvalue weighted by Gasteiger charge is -2.18. The van der Waals surface area contributed by atoms with Crippen LogP contribution in [-0.2, 0) is 0 Å². The highest BCUT2D eigenvalue weighted by Gasteiger charge is 2.19. The minimum absolute atomic E-state index is 0.0369. The zero-order chi connectivity index (χ0) is 14.1. The number of hydrogen-bond donors (Lipinski definition) is 0. The fourth-order valence-corrected chi connectivity index (χ4v) is 2.26. The summed E-state index contributed by atoms with van der Waals surface area (Å²) in [5.74, 6) is 0. The molecule has 0 bridgehead atoms. The average molecular weight is 253 g/mol. The number of rotatable bonds is 1. The molecule has 0 atom stereocenters. The summed E-state index contributed by atoms with van der Waals surface area (Å²) in [5, 5.41) is 0. The van der Waals surface area contributed by atoms with Crippen molar-refractivity contribution in [3.8, 4) is 0 Å². The summed E-state index contributed by atoms with van der Waals surface area (Å²) in [6, 6.07) is 0. The smallest absolute Gasteiger partial charge is 0.0670 e. The van der Waals surface area contributed by atoms with E-state index in [1.165, 1.54) is 5.57 Å². The van der Waals surface area contributed by atoms with E-state index in [2.05, 4.69) is 83.2 Å². The van der Waals surface area contributed by atoms with E-state index in [9.17, 15) is 0 Å². The van der Waals surface area contributed by atoms with E-state index in [0.29, 0.717) is 0 Å². The molecule has 0 unspecified atom stereocenters. The second kappa shape index (κ2) is 4.80. The van der Waals surface area contributed by atoms with Gasteiger partial charge in [-0.25, -0.2) is 0 Å². The molecule has 0 N–H and O–H groups in total. The molecule has 0 aromatic rings. The van der Waals surface area contributed by atoms with Crippen molar-refractivity contribution >= 4 is 5.71 Å². The summed E-state index contributed by atoms with van der Waals surface area (Å²) in [6.07, 6.45) is 17.4. The van der Waals surface area contributed by atoms with E-state index in [4.69, 9.17) is 4.99 Å². The van der Waals surface area contributed by atoms with Gasteiger partial charge in [-0.3, -0.25) is 4.99 Å². The highest BCUT2D eigenvalue weighted by molar-refractivity contribution is 5.94. The van der Waals surface area contributed by atoms with Crippen LogP contribution in [0.4, 0.5) is 0 Å². The molecule has 0 saturated carbocycles. The Morgan fingerprint density at radius 3 is 2.26 bits per heavy atom. The Morgan fingerprint density at radius 2 is 1.53 bits per heavy atom. The first-order chi connectivity index (χ1) is 8.77. The minimum atomic E-state index is 0.0369. The third-order valence-electron chi connectivity index (χ3n) is 3.30. The molecule has 0 amide bonds. The Labute approximate surface area is 116 Å². The van der Waals surface area contributed by atoms with Gasteiger partial charge in [0, 0.05) is 16.5 Å². The lowest BCUT2D eigenvalue weighted by Crippen LogP contribution is -2.06. The number of hydrogen-bond acceptors (Lipinski definition) is 1. The quantitative estimate of drug-likeness (QED) is 0.623. The molecule has 0 spiro atoms. The van der Waals surface area contributed by atoms with E-state index in [1.807, 2.05) is 0 Å². The molecule has 1 heteroatoms.